The molecule has 4 nitrogen and oxygen atoms in total. The Morgan fingerprint density at radius 3 is 2.65 bits per heavy atom. The van der Waals surface area contributed by atoms with Crippen LogP contribution in [0.2, 0.25) is 0 Å². The van der Waals surface area contributed by atoms with Crippen LogP contribution in [0.1, 0.15) is 44.1 Å². The van der Waals surface area contributed by atoms with Crippen LogP contribution >= 0.6 is 0 Å². The zero-order valence-electron chi connectivity index (χ0n) is 11.7. The molecule has 1 N–H and O–H groups in total. The summed E-state index contributed by atoms with van der Waals surface area (Å²) < 4.78 is 5.25. The van der Waals surface area contributed by atoms with E-state index in [4.69, 9.17) is 9.84 Å². The topological polar surface area (TPSA) is 63.6 Å². The van der Waals surface area contributed by atoms with Gasteiger partial charge in [-0.1, -0.05) is 12.1 Å². The highest BCUT2D eigenvalue weighted by atomic mass is 16.5. The second kappa shape index (κ2) is 6.07. The van der Waals surface area contributed by atoms with Crippen molar-refractivity contribution in [1.82, 2.24) is 0 Å². The third kappa shape index (κ3) is 3.18. The molecule has 1 aromatic rings. The van der Waals surface area contributed by atoms with Gasteiger partial charge in [-0.05, 0) is 42.4 Å². The molecule has 0 bridgehead atoms. The van der Waals surface area contributed by atoms with Crippen molar-refractivity contribution in [3.8, 4) is 5.75 Å². The molecule has 108 valence electrons. The van der Waals surface area contributed by atoms with Crippen LogP contribution < -0.4 is 4.74 Å². The summed E-state index contributed by atoms with van der Waals surface area (Å²) in [4.78, 5) is 22.4. The number of carboxylic acids is 1. The van der Waals surface area contributed by atoms with Crippen LogP contribution in [-0.2, 0) is 15.0 Å². The van der Waals surface area contributed by atoms with Gasteiger partial charge in [-0.2, -0.15) is 0 Å². The Bertz CT molecular complexity index is 497. The first-order chi connectivity index (χ1) is 9.55. The Kier molecular flexibility index (Phi) is 4.42. The normalized spacial score (nSPS) is 17.8. The van der Waals surface area contributed by atoms with Crippen LogP contribution in [0.4, 0.5) is 0 Å². The summed E-state index contributed by atoms with van der Waals surface area (Å²) in [6, 6.07) is 7.79. The molecule has 0 aliphatic heterocycles. The number of carbonyl (C=O) groups is 2. The maximum atomic E-state index is 11.5. The fourth-order valence-corrected chi connectivity index (χ4v) is 2.99. The first-order valence-electron chi connectivity index (χ1n) is 6.94. The predicted octanol–water partition coefficient (Wildman–Crippen LogP) is 2.94. The number of aliphatic carboxylic acids is 1. The number of hydrogen-bond donors (Lipinski definition) is 1. The smallest absolute Gasteiger partial charge is 0.303 e. The lowest BCUT2D eigenvalue weighted by Gasteiger charge is -2.37. The van der Waals surface area contributed by atoms with E-state index in [2.05, 4.69) is 0 Å². The number of methoxy groups -OCH3 is 1. The summed E-state index contributed by atoms with van der Waals surface area (Å²) in [5.41, 5.74) is 0.881. The van der Waals surface area contributed by atoms with Gasteiger partial charge in [0.25, 0.3) is 0 Å². The van der Waals surface area contributed by atoms with Gasteiger partial charge in [0.15, 0.2) is 0 Å². The Morgan fingerprint density at radius 1 is 1.35 bits per heavy atom. The molecular weight excluding hydrogens is 256 g/mol. The van der Waals surface area contributed by atoms with E-state index in [0.717, 1.165) is 24.2 Å². The summed E-state index contributed by atoms with van der Waals surface area (Å²) in [7, 11) is 1.62. The maximum absolute atomic E-state index is 11.5. The van der Waals surface area contributed by atoms with Gasteiger partial charge in [-0.15, -0.1) is 0 Å². The van der Waals surface area contributed by atoms with Crippen LogP contribution in [0.25, 0.3) is 0 Å². The summed E-state index contributed by atoms with van der Waals surface area (Å²) in [5.74, 6) is 0.261. The summed E-state index contributed by atoms with van der Waals surface area (Å²) in [6.07, 6.45) is 3.24. The minimum Gasteiger partial charge on any atom is -0.497 e. The Morgan fingerprint density at radius 2 is 2.05 bits per heavy atom. The highest BCUT2D eigenvalue weighted by Gasteiger charge is 2.36. The SMILES string of the molecule is COc1cccc(C2(CCC(=O)O)CCC(=O)CC2)c1. The van der Waals surface area contributed by atoms with Crippen molar-refractivity contribution in [2.75, 3.05) is 7.11 Å². The van der Waals surface area contributed by atoms with Crippen LogP contribution in [0.15, 0.2) is 24.3 Å². The van der Waals surface area contributed by atoms with Gasteiger partial charge in [0.05, 0.1) is 7.11 Å². The van der Waals surface area contributed by atoms with E-state index in [9.17, 15) is 9.59 Å². The molecule has 1 aromatic carbocycles. The molecule has 2 rings (SSSR count). The van der Waals surface area contributed by atoms with Crippen molar-refractivity contribution in [2.24, 2.45) is 0 Å². The number of ketones is 1. The first kappa shape index (κ1) is 14.6. The Hall–Kier alpha value is -1.84. The number of carbonyl (C=O) groups excluding carboxylic acids is 1. The zero-order chi connectivity index (χ0) is 14.6. The average molecular weight is 276 g/mol. The average Bonchev–Trinajstić information content (AvgIpc) is 2.47. The van der Waals surface area contributed by atoms with E-state index in [1.54, 1.807) is 7.11 Å². The van der Waals surface area contributed by atoms with Crippen molar-refractivity contribution in [2.45, 2.75) is 43.9 Å². The van der Waals surface area contributed by atoms with Gasteiger partial charge in [0.1, 0.15) is 11.5 Å². The summed E-state index contributed by atoms with van der Waals surface area (Å²) in [6.45, 7) is 0. The largest absolute Gasteiger partial charge is 0.497 e. The fraction of sp³-hybridized carbons (Fsp3) is 0.500. The molecule has 0 radical (unpaired) electrons. The van der Waals surface area contributed by atoms with Gasteiger partial charge in [0.2, 0.25) is 0 Å². The standard InChI is InChI=1S/C16H20O4/c1-20-14-4-2-3-12(11-14)16(10-7-15(18)19)8-5-13(17)6-9-16/h2-4,11H,5-10H2,1H3,(H,18,19). The number of Topliss-reactive ketones (excluding diaryl/α,β-unsaturated/α-hetero) is 1. The summed E-state index contributed by atoms with van der Waals surface area (Å²) in [5, 5.41) is 8.97. The highest BCUT2D eigenvalue weighted by molar-refractivity contribution is 5.79. The second-order valence-electron chi connectivity index (χ2n) is 5.44. The molecule has 0 atom stereocenters. The van der Waals surface area contributed by atoms with Crippen LogP contribution in [0.5, 0.6) is 5.75 Å². The lowest BCUT2D eigenvalue weighted by molar-refractivity contribution is -0.137. The molecule has 1 aliphatic carbocycles. The quantitative estimate of drug-likeness (QED) is 0.898. The molecule has 4 heteroatoms. The molecule has 0 amide bonds. The van der Waals surface area contributed by atoms with Gasteiger partial charge < -0.3 is 9.84 Å². The Balaban J connectivity index is 2.29. The molecule has 0 spiro atoms. The van der Waals surface area contributed by atoms with Crippen molar-refractivity contribution >= 4 is 11.8 Å². The lowest BCUT2D eigenvalue weighted by atomic mass is 9.66. The van der Waals surface area contributed by atoms with Gasteiger partial charge in [-0.25, -0.2) is 0 Å². The minimum absolute atomic E-state index is 0.130. The maximum Gasteiger partial charge on any atom is 0.303 e. The monoisotopic (exact) mass is 276 g/mol. The van der Waals surface area contributed by atoms with E-state index in [-0.39, 0.29) is 17.6 Å². The fourth-order valence-electron chi connectivity index (χ4n) is 2.99. The number of hydrogen-bond acceptors (Lipinski definition) is 3. The van der Waals surface area contributed by atoms with Crippen molar-refractivity contribution in [3.05, 3.63) is 29.8 Å². The van der Waals surface area contributed by atoms with Crippen molar-refractivity contribution in [1.29, 1.82) is 0 Å². The molecule has 0 unspecified atom stereocenters. The molecular formula is C16H20O4. The van der Waals surface area contributed by atoms with Crippen molar-refractivity contribution < 1.29 is 19.4 Å². The van der Waals surface area contributed by atoms with Gasteiger partial charge >= 0.3 is 5.97 Å². The summed E-state index contributed by atoms with van der Waals surface area (Å²) >= 11 is 0. The van der Waals surface area contributed by atoms with Gasteiger partial charge in [0, 0.05) is 19.3 Å². The van der Waals surface area contributed by atoms with E-state index in [0.29, 0.717) is 19.3 Å². The molecule has 20 heavy (non-hydrogen) atoms. The number of ether oxygens (including phenoxy) is 1. The lowest BCUT2D eigenvalue weighted by Crippen LogP contribution is -2.32. The number of carboxylic acid groups (broad SMARTS) is 1. The first-order valence-corrected chi connectivity index (χ1v) is 6.94. The molecule has 1 aliphatic rings. The molecule has 0 heterocycles. The minimum atomic E-state index is -0.788. The highest BCUT2D eigenvalue weighted by Crippen LogP contribution is 2.42. The van der Waals surface area contributed by atoms with Crippen LogP contribution in [0.3, 0.4) is 0 Å². The molecule has 1 saturated carbocycles. The molecule has 0 aromatic heterocycles. The van der Waals surface area contributed by atoms with Crippen LogP contribution in [-0.4, -0.2) is 24.0 Å². The van der Waals surface area contributed by atoms with E-state index in [1.165, 1.54) is 0 Å². The van der Waals surface area contributed by atoms with E-state index >= 15 is 0 Å². The number of benzene rings is 1. The van der Waals surface area contributed by atoms with Crippen molar-refractivity contribution in [3.63, 3.8) is 0 Å². The predicted molar refractivity (Wildman–Crippen MR) is 75.0 cm³/mol. The van der Waals surface area contributed by atoms with Gasteiger partial charge in [-0.3, -0.25) is 9.59 Å². The van der Waals surface area contributed by atoms with E-state index < -0.39 is 5.97 Å². The number of rotatable bonds is 5. The molecule has 0 saturated heterocycles. The zero-order valence-corrected chi connectivity index (χ0v) is 11.7. The second-order valence-corrected chi connectivity index (χ2v) is 5.44. The Labute approximate surface area is 118 Å². The third-order valence-electron chi connectivity index (χ3n) is 4.26. The molecule has 1 fully saturated rings. The van der Waals surface area contributed by atoms with Crippen LogP contribution in [0, 0.1) is 0 Å². The van der Waals surface area contributed by atoms with E-state index in [1.807, 2.05) is 24.3 Å². The third-order valence-corrected chi connectivity index (χ3v) is 4.26.